The fraction of sp³-hybridized carbons (Fsp3) is 0.854. The van der Waals surface area contributed by atoms with Crippen LogP contribution in [0.15, 0.2) is 24.3 Å². The summed E-state index contributed by atoms with van der Waals surface area (Å²) < 4.78 is 0. The zero-order chi connectivity index (χ0) is 32.5. The van der Waals surface area contributed by atoms with Crippen LogP contribution in [0, 0.1) is 0 Å². The maximum atomic E-state index is 12.9. The minimum Gasteiger partial charge on any atom is -0.354 e. The zero-order valence-corrected chi connectivity index (χ0v) is 30.3. The Bertz CT molecular complexity index is 731. The molecule has 1 fully saturated rings. The lowest BCUT2D eigenvalue weighted by molar-refractivity contribution is -0.138. The van der Waals surface area contributed by atoms with Crippen molar-refractivity contribution in [3.63, 3.8) is 0 Å². The highest BCUT2D eigenvalue weighted by molar-refractivity contribution is 5.88. The van der Waals surface area contributed by atoms with Gasteiger partial charge in [-0.3, -0.25) is 9.59 Å². The van der Waals surface area contributed by atoms with E-state index in [2.05, 4.69) is 43.5 Å². The molecule has 0 spiro atoms. The molecule has 0 aromatic heterocycles. The number of hydrogen-bond acceptors (Lipinski definition) is 2. The predicted molar refractivity (Wildman–Crippen MR) is 197 cm³/mol. The lowest BCUT2D eigenvalue weighted by Crippen LogP contribution is -2.46. The molecule has 0 aromatic carbocycles. The van der Waals surface area contributed by atoms with Crippen molar-refractivity contribution < 1.29 is 9.59 Å². The SMILES string of the molecule is CCCCCCC/C=C/CCCCCCCCC(=O)N1CCC[C@H]1C(=O)NCCCC/C=C\CCCCCCCCCCCC. The van der Waals surface area contributed by atoms with Gasteiger partial charge in [0.05, 0.1) is 0 Å². The standard InChI is InChI=1S/C41H76N2O2/c1-3-5-7-9-11-13-15-17-19-21-23-25-27-29-31-33-37-42-41(45)39-35-34-38-43(39)40(44)36-32-30-28-26-24-22-20-18-16-14-12-10-8-6-4-2/h16,18,25,27,39H,3-15,17,19-24,26,28-38H2,1-2H3,(H,42,45)/b18-16+,27-25-/t39-/m0/s1. The molecule has 1 heterocycles. The van der Waals surface area contributed by atoms with E-state index in [-0.39, 0.29) is 17.9 Å². The van der Waals surface area contributed by atoms with E-state index in [4.69, 9.17) is 0 Å². The van der Waals surface area contributed by atoms with Gasteiger partial charge in [-0.1, -0.05) is 147 Å². The molecular weight excluding hydrogens is 552 g/mol. The van der Waals surface area contributed by atoms with Crippen molar-refractivity contribution in [1.82, 2.24) is 10.2 Å². The van der Waals surface area contributed by atoms with Gasteiger partial charge in [0.1, 0.15) is 6.04 Å². The van der Waals surface area contributed by atoms with Crippen LogP contribution in [0.2, 0.25) is 0 Å². The highest BCUT2D eigenvalue weighted by atomic mass is 16.2. The maximum absolute atomic E-state index is 12.9. The Morgan fingerprint density at radius 3 is 1.42 bits per heavy atom. The van der Waals surface area contributed by atoms with Crippen LogP contribution in [-0.2, 0) is 9.59 Å². The molecule has 4 heteroatoms. The van der Waals surface area contributed by atoms with Crippen molar-refractivity contribution in [1.29, 1.82) is 0 Å². The summed E-state index contributed by atoms with van der Waals surface area (Å²) >= 11 is 0. The van der Waals surface area contributed by atoms with Crippen LogP contribution in [0.5, 0.6) is 0 Å². The second-order valence-corrected chi connectivity index (χ2v) is 13.8. The van der Waals surface area contributed by atoms with E-state index < -0.39 is 0 Å². The van der Waals surface area contributed by atoms with Crippen molar-refractivity contribution in [3.8, 4) is 0 Å². The van der Waals surface area contributed by atoms with Crippen molar-refractivity contribution >= 4 is 11.8 Å². The van der Waals surface area contributed by atoms with Crippen LogP contribution in [0.3, 0.4) is 0 Å². The first-order chi connectivity index (χ1) is 22.2. The predicted octanol–water partition coefficient (Wildman–Crippen LogP) is 12.2. The Hall–Kier alpha value is -1.58. The molecule has 1 atom stereocenters. The number of carbonyl (C=O) groups is 2. The average molecular weight is 629 g/mol. The number of likely N-dealkylation sites (tertiary alicyclic amines) is 1. The molecule has 0 radical (unpaired) electrons. The molecule has 0 saturated carbocycles. The smallest absolute Gasteiger partial charge is 0.242 e. The summed E-state index contributed by atoms with van der Waals surface area (Å²) in [5.41, 5.74) is 0. The molecule has 1 saturated heterocycles. The van der Waals surface area contributed by atoms with Gasteiger partial charge >= 0.3 is 0 Å². The Kier molecular flexibility index (Phi) is 29.8. The number of hydrogen-bond donors (Lipinski definition) is 1. The van der Waals surface area contributed by atoms with E-state index in [0.29, 0.717) is 6.42 Å². The minimum atomic E-state index is -0.247. The summed E-state index contributed by atoms with van der Waals surface area (Å²) in [7, 11) is 0. The summed E-state index contributed by atoms with van der Waals surface area (Å²) in [6, 6.07) is -0.247. The number of carbonyl (C=O) groups excluding carboxylic acids is 2. The van der Waals surface area contributed by atoms with Gasteiger partial charge in [-0.15, -0.1) is 0 Å². The first-order valence-electron chi connectivity index (χ1n) is 20.1. The number of allylic oxidation sites excluding steroid dienone is 4. The molecule has 262 valence electrons. The van der Waals surface area contributed by atoms with Crippen LogP contribution < -0.4 is 5.32 Å². The molecule has 1 aliphatic rings. The zero-order valence-electron chi connectivity index (χ0n) is 30.3. The van der Waals surface area contributed by atoms with Gasteiger partial charge in [-0.25, -0.2) is 0 Å². The average Bonchev–Trinajstić information content (AvgIpc) is 3.55. The molecule has 0 aromatic rings. The van der Waals surface area contributed by atoms with Gasteiger partial charge in [0.2, 0.25) is 11.8 Å². The second-order valence-electron chi connectivity index (χ2n) is 13.8. The summed E-state index contributed by atoms with van der Waals surface area (Å²) in [5, 5.41) is 3.12. The third-order valence-electron chi connectivity index (χ3n) is 9.52. The molecule has 1 N–H and O–H groups in total. The quantitative estimate of drug-likeness (QED) is 0.0595. The first kappa shape index (κ1) is 41.4. The molecule has 0 unspecified atom stereocenters. The monoisotopic (exact) mass is 629 g/mol. The van der Waals surface area contributed by atoms with E-state index in [1.54, 1.807) is 0 Å². The van der Waals surface area contributed by atoms with Crippen LogP contribution in [0.4, 0.5) is 0 Å². The highest BCUT2D eigenvalue weighted by Crippen LogP contribution is 2.20. The molecule has 0 bridgehead atoms. The summed E-state index contributed by atoms with van der Waals surface area (Å²) in [4.78, 5) is 27.5. The van der Waals surface area contributed by atoms with Crippen molar-refractivity contribution in [2.24, 2.45) is 0 Å². The van der Waals surface area contributed by atoms with E-state index >= 15 is 0 Å². The van der Waals surface area contributed by atoms with Crippen LogP contribution >= 0.6 is 0 Å². The number of rotatable bonds is 32. The summed E-state index contributed by atoms with van der Waals surface area (Å²) in [5.74, 6) is 0.239. The Balaban J connectivity index is 1.96. The number of amides is 2. The Morgan fingerprint density at radius 2 is 0.956 bits per heavy atom. The van der Waals surface area contributed by atoms with Crippen molar-refractivity contribution in [2.45, 2.75) is 213 Å². The van der Waals surface area contributed by atoms with Gasteiger partial charge < -0.3 is 10.2 Å². The third-order valence-corrected chi connectivity index (χ3v) is 9.52. The van der Waals surface area contributed by atoms with Gasteiger partial charge in [-0.05, 0) is 77.0 Å². The largest absolute Gasteiger partial charge is 0.354 e. The number of unbranched alkanes of at least 4 members (excludes halogenated alkanes) is 23. The van der Waals surface area contributed by atoms with Crippen LogP contribution in [0.25, 0.3) is 0 Å². The van der Waals surface area contributed by atoms with E-state index in [1.165, 1.54) is 141 Å². The Labute approximate surface area is 281 Å². The van der Waals surface area contributed by atoms with Gasteiger partial charge in [0.15, 0.2) is 0 Å². The molecule has 4 nitrogen and oxygen atoms in total. The number of nitrogens with zero attached hydrogens (tertiary/aromatic N) is 1. The fourth-order valence-corrected chi connectivity index (χ4v) is 6.53. The second kappa shape index (κ2) is 32.4. The Morgan fingerprint density at radius 1 is 0.556 bits per heavy atom. The van der Waals surface area contributed by atoms with Crippen molar-refractivity contribution in [3.05, 3.63) is 24.3 Å². The normalized spacial score (nSPS) is 15.2. The van der Waals surface area contributed by atoms with Crippen LogP contribution in [-0.4, -0.2) is 35.8 Å². The highest BCUT2D eigenvalue weighted by Gasteiger charge is 2.33. The topological polar surface area (TPSA) is 49.4 Å². The minimum absolute atomic E-state index is 0.0582. The first-order valence-corrected chi connectivity index (χ1v) is 20.1. The fourth-order valence-electron chi connectivity index (χ4n) is 6.53. The molecule has 45 heavy (non-hydrogen) atoms. The lowest BCUT2D eigenvalue weighted by Gasteiger charge is -2.24. The molecule has 2 amide bonds. The van der Waals surface area contributed by atoms with E-state index in [0.717, 1.165) is 58.0 Å². The molecular formula is C41H76N2O2. The maximum Gasteiger partial charge on any atom is 0.242 e. The van der Waals surface area contributed by atoms with Gasteiger partial charge in [-0.2, -0.15) is 0 Å². The lowest BCUT2D eigenvalue weighted by atomic mass is 10.1. The van der Waals surface area contributed by atoms with Gasteiger partial charge in [0, 0.05) is 19.5 Å². The molecule has 1 aliphatic heterocycles. The van der Waals surface area contributed by atoms with Gasteiger partial charge in [0.25, 0.3) is 0 Å². The summed E-state index contributed by atoms with van der Waals surface area (Å²) in [6.45, 7) is 6.02. The molecule has 1 rings (SSSR count). The van der Waals surface area contributed by atoms with E-state index in [9.17, 15) is 9.59 Å². The molecule has 0 aliphatic carbocycles. The van der Waals surface area contributed by atoms with Crippen LogP contribution in [0.1, 0.15) is 206 Å². The number of nitrogens with one attached hydrogen (secondary N) is 1. The van der Waals surface area contributed by atoms with Crippen molar-refractivity contribution in [2.75, 3.05) is 13.1 Å². The van der Waals surface area contributed by atoms with E-state index in [1.807, 2.05) is 4.90 Å². The third kappa shape index (κ3) is 25.2. The summed E-state index contributed by atoms with van der Waals surface area (Å²) in [6.07, 6.45) is 46.5.